The number of ether oxygens (including phenoxy) is 1. The zero-order valence-corrected chi connectivity index (χ0v) is 13.6. The van der Waals surface area contributed by atoms with Gasteiger partial charge in [0.25, 0.3) is 0 Å². The molecule has 0 unspecified atom stereocenters. The van der Waals surface area contributed by atoms with Gasteiger partial charge in [-0.25, -0.2) is 9.59 Å². The van der Waals surface area contributed by atoms with Crippen LogP contribution in [0.15, 0.2) is 30.3 Å². The summed E-state index contributed by atoms with van der Waals surface area (Å²) in [6, 6.07) is 6.52. The molecular weight excluding hydrogens is 316 g/mol. The number of aliphatic hydroxyl groups is 1. The van der Waals surface area contributed by atoms with E-state index in [1.54, 1.807) is 38.1 Å². The quantitative estimate of drug-likeness (QED) is 0.547. The molecule has 1 aromatic rings. The Morgan fingerprint density at radius 3 is 2.25 bits per heavy atom. The first-order valence-electron chi connectivity index (χ1n) is 7.46. The summed E-state index contributed by atoms with van der Waals surface area (Å²) in [5.74, 6) is -2.34. The van der Waals surface area contributed by atoms with Gasteiger partial charge in [0, 0.05) is 0 Å². The normalized spacial score (nSPS) is 13.0. The highest BCUT2D eigenvalue weighted by atomic mass is 16.5. The average molecular weight is 338 g/mol. The molecule has 1 rings (SSSR count). The standard InChI is InChI=1S/C16H22N2O6/c1-10(2)13(15(21)22)18-14(20)12(8-19)17-16(23)24-9-11-6-4-3-5-7-11/h3-7,10,12-13,19H,8-9H2,1-2H3,(H,17,23)(H,18,20)(H,21,22)/t12-,13-/m0/s1. The van der Waals surface area contributed by atoms with Gasteiger partial charge in [-0.3, -0.25) is 4.79 Å². The predicted octanol–water partition coefficient (Wildman–Crippen LogP) is 0.499. The van der Waals surface area contributed by atoms with E-state index in [1.807, 2.05) is 6.07 Å². The van der Waals surface area contributed by atoms with Crippen LogP contribution in [0.5, 0.6) is 0 Å². The van der Waals surface area contributed by atoms with E-state index < -0.39 is 36.7 Å². The third kappa shape index (κ3) is 6.25. The molecule has 0 aliphatic rings. The summed E-state index contributed by atoms with van der Waals surface area (Å²) >= 11 is 0. The Balaban J connectivity index is 2.54. The first-order valence-corrected chi connectivity index (χ1v) is 7.46. The number of amides is 2. The number of rotatable bonds is 8. The van der Waals surface area contributed by atoms with Crippen molar-refractivity contribution >= 4 is 18.0 Å². The zero-order valence-electron chi connectivity index (χ0n) is 13.6. The van der Waals surface area contributed by atoms with Gasteiger partial charge in [-0.05, 0) is 11.5 Å². The minimum atomic E-state index is -1.30. The lowest BCUT2D eigenvalue weighted by Crippen LogP contribution is -2.54. The fourth-order valence-electron chi connectivity index (χ4n) is 1.87. The van der Waals surface area contributed by atoms with Crippen LogP contribution in [0.1, 0.15) is 19.4 Å². The lowest BCUT2D eigenvalue weighted by molar-refractivity contribution is -0.143. The summed E-state index contributed by atoms with van der Waals surface area (Å²) in [6.07, 6.45) is -0.885. The Morgan fingerprint density at radius 2 is 1.75 bits per heavy atom. The molecule has 8 heteroatoms. The van der Waals surface area contributed by atoms with Crippen LogP contribution in [-0.2, 0) is 20.9 Å². The SMILES string of the molecule is CC(C)[C@H](NC(=O)[C@H](CO)NC(=O)OCc1ccccc1)C(=O)O. The smallest absolute Gasteiger partial charge is 0.408 e. The summed E-state index contributed by atoms with van der Waals surface area (Å²) in [4.78, 5) is 34.8. The van der Waals surface area contributed by atoms with Crippen LogP contribution in [0.25, 0.3) is 0 Å². The Labute approximate surface area is 139 Å². The summed E-state index contributed by atoms with van der Waals surface area (Å²) in [5.41, 5.74) is 0.767. The highest BCUT2D eigenvalue weighted by Gasteiger charge is 2.28. The van der Waals surface area contributed by atoms with Crippen LogP contribution in [-0.4, -0.2) is 46.9 Å². The number of aliphatic carboxylic acids is 1. The third-order valence-corrected chi connectivity index (χ3v) is 3.23. The second kappa shape index (κ2) is 9.51. The molecule has 24 heavy (non-hydrogen) atoms. The molecule has 0 fully saturated rings. The first-order chi connectivity index (χ1) is 11.3. The van der Waals surface area contributed by atoms with Crippen molar-refractivity contribution in [2.45, 2.75) is 32.5 Å². The fraction of sp³-hybridized carbons (Fsp3) is 0.438. The number of carboxylic acid groups (broad SMARTS) is 1. The summed E-state index contributed by atoms with van der Waals surface area (Å²) in [7, 11) is 0. The number of hydrogen-bond donors (Lipinski definition) is 4. The minimum absolute atomic E-state index is 0.0101. The van der Waals surface area contributed by atoms with Gasteiger partial charge in [0.2, 0.25) is 5.91 Å². The Morgan fingerprint density at radius 1 is 1.12 bits per heavy atom. The number of carbonyl (C=O) groups excluding carboxylic acids is 2. The molecule has 132 valence electrons. The Bertz CT molecular complexity index is 561. The second-order valence-electron chi connectivity index (χ2n) is 5.51. The second-order valence-corrected chi connectivity index (χ2v) is 5.51. The Hall–Kier alpha value is -2.61. The van der Waals surface area contributed by atoms with E-state index in [9.17, 15) is 19.5 Å². The van der Waals surface area contributed by atoms with E-state index in [1.165, 1.54) is 0 Å². The van der Waals surface area contributed by atoms with Crippen molar-refractivity contribution < 1.29 is 29.3 Å². The van der Waals surface area contributed by atoms with Crippen molar-refractivity contribution in [3.8, 4) is 0 Å². The summed E-state index contributed by atoms with van der Waals surface area (Å²) in [5, 5.41) is 22.8. The molecule has 0 heterocycles. The van der Waals surface area contributed by atoms with E-state index >= 15 is 0 Å². The van der Waals surface area contributed by atoms with Crippen molar-refractivity contribution in [3.63, 3.8) is 0 Å². The van der Waals surface area contributed by atoms with Crippen molar-refractivity contribution in [1.82, 2.24) is 10.6 Å². The molecule has 0 aliphatic heterocycles. The van der Waals surface area contributed by atoms with Gasteiger partial charge in [-0.1, -0.05) is 44.2 Å². The maximum atomic E-state index is 12.0. The van der Waals surface area contributed by atoms with Crippen LogP contribution in [0.4, 0.5) is 4.79 Å². The average Bonchev–Trinajstić information content (AvgIpc) is 2.55. The number of benzene rings is 1. The molecular formula is C16H22N2O6. The van der Waals surface area contributed by atoms with Crippen LogP contribution in [0.2, 0.25) is 0 Å². The maximum absolute atomic E-state index is 12.0. The Kier molecular flexibility index (Phi) is 7.70. The molecule has 0 spiro atoms. The van der Waals surface area contributed by atoms with Crippen molar-refractivity contribution in [2.75, 3.05) is 6.61 Å². The van der Waals surface area contributed by atoms with E-state index in [0.717, 1.165) is 5.56 Å². The molecule has 8 nitrogen and oxygen atoms in total. The lowest BCUT2D eigenvalue weighted by Gasteiger charge is -2.21. The van der Waals surface area contributed by atoms with Gasteiger partial charge in [0.05, 0.1) is 6.61 Å². The number of alkyl carbamates (subject to hydrolysis) is 1. The maximum Gasteiger partial charge on any atom is 0.408 e. The molecule has 2 amide bonds. The summed E-state index contributed by atoms with van der Waals surface area (Å²) < 4.78 is 4.95. The molecule has 0 aliphatic carbocycles. The van der Waals surface area contributed by atoms with Gasteiger partial charge in [-0.15, -0.1) is 0 Å². The highest BCUT2D eigenvalue weighted by molar-refractivity contribution is 5.89. The third-order valence-electron chi connectivity index (χ3n) is 3.23. The van der Waals surface area contributed by atoms with Crippen LogP contribution < -0.4 is 10.6 Å². The van der Waals surface area contributed by atoms with Gasteiger partial charge in [0.1, 0.15) is 18.7 Å². The number of nitrogens with one attached hydrogen (secondary N) is 2. The van der Waals surface area contributed by atoms with E-state index in [0.29, 0.717) is 0 Å². The van der Waals surface area contributed by atoms with Gasteiger partial charge in [0.15, 0.2) is 0 Å². The lowest BCUT2D eigenvalue weighted by atomic mass is 10.0. The minimum Gasteiger partial charge on any atom is -0.480 e. The summed E-state index contributed by atoms with van der Waals surface area (Å²) in [6.45, 7) is 2.59. The van der Waals surface area contributed by atoms with Gasteiger partial charge >= 0.3 is 12.1 Å². The van der Waals surface area contributed by atoms with Gasteiger partial charge < -0.3 is 25.6 Å². The molecule has 0 bridgehead atoms. The molecule has 2 atom stereocenters. The molecule has 0 radical (unpaired) electrons. The van der Waals surface area contributed by atoms with Gasteiger partial charge in [-0.2, -0.15) is 0 Å². The molecule has 4 N–H and O–H groups in total. The van der Waals surface area contributed by atoms with Crippen LogP contribution in [0.3, 0.4) is 0 Å². The topological polar surface area (TPSA) is 125 Å². The van der Waals surface area contributed by atoms with E-state index in [4.69, 9.17) is 9.84 Å². The number of hydrogen-bond acceptors (Lipinski definition) is 5. The fourth-order valence-corrected chi connectivity index (χ4v) is 1.87. The molecule has 0 aromatic heterocycles. The molecule has 0 saturated carbocycles. The van der Waals surface area contributed by atoms with Crippen LogP contribution >= 0.6 is 0 Å². The van der Waals surface area contributed by atoms with Crippen molar-refractivity contribution in [3.05, 3.63) is 35.9 Å². The zero-order chi connectivity index (χ0) is 18.1. The first kappa shape index (κ1) is 19.4. The number of carboxylic acids is 1. The predicted molar refractivity (Wildman–Crippen MR) is 85.0 cm³/mol. The van der Waals surface area contributed by atoms with Crippen LogP contribution in [0, 0.1) is 5.92 Å². The number of carbonyl (C=O) groups is 3. The number of aliphatic hydroxyl groups excluding tert-OH is 1. The molecule has 1 aromatic carbocycles. The largest absolute Gasteiger partial charge is 0.480 e. The van der Waals surface area contributed by atoms with E-state index in [2.05, 4.69) is 10.6 Å². The van der Waals surface area contributed by atoms with E-state index in [-0.39, 0.29) is 12.5 Å². The monoisotopic (exact) mass is 338 g/mol. The van der Waals surface area contributed by atoms with Crippen molar-refractivity contribution in [1.29, 1.82) is 0 Å². The highest BCUT2D eigenvalue weighted by Crippen LogP contribution is 2.03. The molecule has 0 saturated heterocycles. The van der Waals surface area contributed by atoms with Crippen molar-refractivity contribution in [2.24, 2.45) is 5.92 Å².